The third-order valence-electron chi connectivity index (χ3n) is 1.90. The van der Waals surface area contributed by atoms with Crippen molar-refractivity contribution in [3.8, 4) is 0 Å². The van der Waals surface area contributed by atoms with Gasteiger partial charge in [0.25, 0.3) is 0 Å². The lowest BCUT2D eigenvalue weighted by Gasteiger charge is -2.18. The van der Waals surface area contributed by atoms with Crippen molar-refractivity contribution in [3.05, 3.63) is 11.1 Å². The number of thioether (sulfide) groups is 1. The normalized spacial score (nSPS) is 12.1. The third kappa shape index (κ3) is 2.64. The van der Waals surface area contributed by atoms with Gasteiger partial charge in [-0.25, -0.2) is 0 Å². The highest BCUT2D eigenvalue weighted by atomic mass is 35.5. The van der Waals surface area contributed by atoms with Crippen LogP contribution in [0.5, 0.6) is 0 Å². The Morgan fingerprint density at radius 2 is 2.00 bits per heavy atom. The van der Waals surface area contributed by atoms with E-state index in [-0.39, 0.29) is 5.41 Å². The summed E-state index contributed by atoms with van der Waals surface area (Å²) in [4.78, 5) is 0. The van der Waals surface area contributed by atoms with Gasteiger partial charge in [-0.05, 0) is 17.9 Å². The largest absolute Gasteiger partial charge is 0.300 e. The van der Waals surface area contributed by atoms with Crippen LogP contribution in [0, 0.1) is 0 Å². The Morgan fingerprint density at radius 3 is 2.50 bits per heavy atom. The van der Waals surface area contributed by atoms with Gasteiger partial charge in [0.2, 0.25) is 5.28 Å². The maximum atomic E-state index is 5.97. The average molecular weight is 234 g/mol. The highest BCUT2D eigenvalue weighted by Crippen LogP contribution is 2.22. The van der Waals surface area contributed by atoms with Gasteiger partial charge in [-0.3, -0.25) is 0 Å². The van der Waals surface area contributed by atoms with Gasteiger partial charge in [0.05, 0.1) is 0 Å². The molecule has 14 heavy (non-hydrogen) atoms. The number of hydrogen-bond donors (Lipinski definition) is 0. The van der Waals surface area contributed by atoms with Crippen molar-refractivity contribution in [1.29, 1.82) is 0 Å². The Hall–Kier alpha value is -0.220. The van der Waals surface area contributed by atoms with Gasteiger partial charge in [-0.15, -0.1) is 10.2 Å². The molecular weight excluding hydrogens is 218 g/mol. The maximum Gasteiger partial charge on any atom is 0.225 e. The van der Waals surface area contributed by atoms with Crippen molar-refractivity contribution in [2.75, 3.05) is 12.0 Å². The van der Waals surface area contributed by atoms with Crippen LogP contribution in [0.25, 0.3) is 0 Å². The van der Waals surface area contributed by atoms with E-state index < -0.39 is 0 Å². The molecule has 0 spiro atoms. The first-order valence-electron chi connectivity index (χ1n) is 4.55. The van der Waals surface area contributed by atoms with E-state index in [4.69, 9.17) is 11.6 Å². The minimum absolute atomic E-state index is 0.00144. The van der Waals surface area contributed by atoms with Crippen LogP contribution in [-0.4, -0.2) is 26.8 Å². The van der Waals surface area contributed by atoms with Crippen LogP contribution >= 0.6 is 23.4 Å². The van der Waals surface area contributed by atoms with Gasteiger partial charge in [-0.2, -0.15) is 11.8 Å². The summed E-state index contributed by atoms with van der Waals surface area (Å²) in [7, 11) is 0. The summed E-state index contributed by atoms with van der Waals surface area (Å²) in [6.45, 7) is 7.22. The summed E-state index contributed by atoms with van der Waals surface area (Å²) in [6.07, 6.45) is 2.08. The zero-order chi connectivity index (χ0) is 10.8. The Labute approximate surface area is 94.2 Å². The SMILES string of the molecule is CSCCn1c(Cl)nnc1C(C)(C)C. The molecule has 1 aromatic rings. The summed E-state index contributed by atoms with van der Waals surface area (Å²) < 4.78 is 1.98. The molecule has 0 aliphatic carbocycles. The van der Waals surface area contributed by atoms with Gasteiger partial charge in [0.15, 0.2) is 0 Å². The average Bonchev–Trinajstić information content (AvgIpc) is 2.42. The smallest absolute Gasteiger partial charge is 0.225 e. The molecule has 0 N–H and O–H groups in total. The molecule has 0 aromatic carbocycles. The van der Waals surface area contributed by atoms with Crippen LogP contribution in [0.15, 0.2) is 0 Å². The molecule has 0 bridgehead atoms. The topological polar surface area (TPSA) is 30.7 Å². The first-order valence-corrected chi connectivity index (χ1v) is 6.32. The first kappa shape index (κ1) is 11.9. The van der Waals surface area contributed by atoms with E-state index in [0.29, 0.717) is 5.28 Å². The fraction of sp³-hybridized carbons (Fsp3) is 0.778. The van der Waals surface area contributed by atoms with Gasteiger partial charge >= 0.3 is 0 Å². The molecule has 0 fully saturated rings. The van der Waals surface area contributed by atoms with Gasteiger partial charge in [0, 0.05) is 17.7 Å². The second kappa shape index (κ2) is 4.53. The van der Waals surface area contributed by atoms with Crippen LogP contribution in [0.1, 0.15) is 26.6 Å². The first-order chi connectivity index (χ1) is 6.46. The fourth-order valence-corrected chi connectivity index (χ4v) is 1.79. The van der Waals surface area contributed by atoms with Gasteiger partial charge in [0.1, 0.15) is 5.82 Å². The van der Waals surface area contributed by atoms with Gasteiger partial charge < -0.3 is 4.57 Å². The lowest BCUT2D eigenvalue weighted by molar-refractivity contribution is 0.506. The number of rotatable bonds is 3. The Balaban J connectivity index is 2.94. The van der Waals surface area contributed by atoms with Crippen molar-refractivity contribution < 1.29 is 0 Å². The van der Waals surface area contributed by atoms with E-state index in [1.54, 1.807) is 11.8 Å². The fourth-order valence-electron chi connectivity index (χ4n) is 1.22. The Morgan fingerprint density at radius 1 is 1.36 bits per heavy atom. The van der Waals surface area contributed by atoms with Crippen molar-refractivity contribution in [2.45, 2.75) is 32.7 Å². The van der Waals surface area contributed by atoms with E-state index in [9.17, 15) is 0 Å². The van der Waals surface area contributed by atoms with E-state index in [1.165, 1.54) is 0 Å². The molecule has 0 radical (unpaired) electrons. The molecule has 0 amide bonds. The predicted octanol–water partition coefficient (Wildman–Crippen LogP) is 2.59. The molecule has 0 saturated carbocycles. The van der Waals surface area contributed by atoms with Crippen LogP contribution in [0.4, 0.5) is 0 Å². The highest BCUT2D eigenvalue weighted by molar-refractivity contribution is 7.98. The molecule has 3 nitrogen and oxygen atoms in total. The number of hydrogen-bond acceptors (Lipinski definition) is 3. The molecule has 1 rings (SSSR count). The third-order valence-corrected chi connectivity index (χ3v) is 2.77. The molecule has 1 aromatic heterocycles. The van der Waals surface area contributed by atoms with Crippen LogP contribution in [0.2, 0.25) is 5.28 Å². The van der Waals surface area contributed by atoms with Crippen molar-refractivity contribution >= 4 is 23.4 Å². The Bertz CT molecular complexity index is 303. The second-order valence-electron chi connectivity index (χ2n) is 4.19. The monoisotopic (exact) mass is 233 g/mol. The quantitative estimate of drug-likeness (QED) is 0.804. The van der Waals surface area contributed by atoms with E-state index >= 15 is 0 Å². The lowest BCUT2D eigenvalue weighted by Crippen LogP contribution is -2.19. The molecule has 5 heteroatoms. The highest BCUT2D eigenvalue weighted by Gasteiger charge is 2.22. The molecule has 0 atom stereocenters. The summed E-state index contributed by atoms with van der Waals surface area (Å²) in [5.74, 6) is 1.98. The molecule has 0 aliphatic rings. The van der Waals surface area contributed by atoms with E-state index in [1.807, 2.05) is 4.57 Å². The van der Waals surface area contributed by atoms with Crippen LogP contribution in [0.3, 0.4) is 0 Å². The lowest BCUT2D eigenvalue weighted by atomic mass is 9.96. The molecule has 0 saturated heterocycles. The maximum absolute atomic E-state index is 5.97. The molecule has 1 heterocycles. The van der Waals surface area contributed by atoms with Crippen molar-refractivity contribution in [3.63, 3.8) is 0 Å². The van der Waals surface area contributed by atoms with Crippen molar-refractivity contribution in [1.82, 2.24) is 14.8 Å². The zero-order valence-corrected chi connectivity index (χ0v) is 10.6. The van der Waals surface area contributed by atoms with E-state index in [0.717, 1.165) is 18.1 Å². The number of halogens is 1. The van der Waals surface area contributed by atoms with Gasteiger partial charge in [-0.1, -0.05) is 20.8 Å². The predicted molar refractivity (Wildman–Crippen MR) is 62.1 cm³/mol. The molecule has 0 aliphatic heterocycles. The number of aromatic nitrogens is 3. The van der Waals surface area contributed by atoms with E-state index in [2.05, 4.69) is 37.2 Å². The van der Waals surface area contributed by atoms with Crippen LogP contribution < -0.4 is 0 Å². The summed E-state index contributed by atoms with van der Waals surface area (Å²) in [6, 6.07) is 0. The summed E-state index contributed by atoms with van der Waals surface area (Å²) in [5.41, 5.74) is -0.00144. The summed E-state index contributed by atoms with van der Waals surface area (Å²) >= 11 is 7.76. The van der Waals surface area contributed by atoms with Crippen molar-refractivity contribution in [2.24, 2.45) is 0 Å². The molecular formula is C9H16ClN3S. The Kier molecular flexibility index (Phi) is 3.84. The molecule has 0 unspecified atom stereocenters. The summed E-state index contributed by atoms with van der Waals surface area (Å²) in [5, 5.41) is 8.51. The number of nitrogens with zero attached hydrogens (tertiary/aromatic N) is 3. The molecule has 80 valence electrons. The minimum Gasteiger partial charge on any atom is -0.300 e. The minimum atomic E-state index is -0.00144. The second-order valence-corrected chi connectivity index (χ2v) is 5.51. The van der Waals surface area contributed by atoms with Crippen LogP contribution in [-0.2, 0) is 12.0 Å². The standard InChI is InChI=1S/C9H16ClN3S/c1-9(2,3)7-11-12-8(10)13(7)5-6-14-4/h5-6H2,1-4H3. The zero-order valence-electron chi connectivity index (χ0n) is 9.04.